The molecule has 0 amide bonds. The van der Waals surface area contributed by atoms with E-state index in [0.29, 0.717) is 11.3 Å². The van der Waals surface area contributed by atoms with Gasteiger partial charge in [-0.15, -0.1) is 0 Å². The summed E-state index contributed by atoms with van der Waals surface area (Å²) in [5.41, 5.74) is 7.19. The van der Waals surface area contributed by atoms with Gasteiger partial charge in [0.15, 0.2) is 0 Å². The minimum atomic E-state index is 0.314. The second kappa shape index (κ2) is 6.72. The van der Waals surface area contributed by atoms with Crippen LogP contribution in [-0.4, -0.2) is 0 Å². The Morgan fingerprint density at radius 3 is 2.15 bits per heavy atom. The number of benzene rings is 2. The first-order valence-electron chi connectivity index (χ1n) is 10.7. The molecule has 0 aliphatic heterocycles. The van der Waals surface area contributed by atoms with Gasteiger partial charge < -0.3 is 0 Å². The molecule has 3 aliphatic carbocycles. The van der Waals surface area contributed by atoms with E-state index in [1.807, 2.05) is 11.1 Å². The van der Waals surface area contributed by atoms with E-state index >= 15 is 0 Å². The number of hydrogen-bond acceptors (Lipinski definition) is 0. The number of fused-ring (bicyclic) bond motifs is 3. The van der Waals surface area contributed by atoms with Gasteiger partial charge in [-0.2, -0.15) is 0 Å². The summed E-state index contributed by atoms with van der Waals surface area (Å²) in [6.07, 6.45) is 12.5. The SMILES string of the molecule is c1ccc(C2C3=C(CCCCC3)C3CCCC2(c2ccccc2)C3)cc1. The molecule has 0 spiro atoms. The Kier molecular flexibility index (Phi) is 4.23. The van der Waals surface area contributed by atoms with E-state index in [1.165, 1.54) is 57.8 Å². The van der Waals surface area contributed by atoms with Crippen LogP contribution in [-0.2, 0) is 5.41 Å². The molecule has 3 aliphatic rings. The molecule has 0 aromatic heterocycles. The van der Waals surface area contributed by atoms with Gasteiger partial charge in [-0.3, -0.25) is 0 Å². The third kappa shape index (κ3) is 2.57. The third-order valence-corrected chi connectivity index (χ3v) is 7.47. The van der Waals surface area contributed by atoms with Gasteiger partial charge in [0, 0.05) is 11.3 Å². The molecular weight excluding hydrogens is 312 g/mol. The van der Waals surface area contributed by atoms with Gasteiger partial charge in [-0.1, -0.05) is 84.7 Å². The second-order valence-corrected chi connectivity index (χ2v) is 8.77. The van der Waals surface area contributed by atoms with Gasteiger partial charge in [-0.05, 0) is 62.0 Å². The first-order valence-corrected chi connectivity index (χ1v) is 10.7. The van der Waals surface area contributed by atoms with Crippen LogP contribution in [0.25, 0.3) is 0 Å². The Labute approximate surface area is 158 Å². The standard InChI is InChI=1S/C26H30/c1-4-11-20(12-5-1)25-24-17-9-3-8-16-23(24)21-13-10-18-26(25,19-21)22-14-6-2-7-15-22/h1-2,4-7,11-12,14-15,21,25H,3,8-10,13,16-19H2. The Morgan fingerprint density at radius 1 is 0.692 bits per heavy atom. The van der Waals surface area contributed by atoms with Crippen molar-refractivity contribution in [2.75, 3.05) is 0 Å². The molecule has 1 fully saturated rings. The van der Waals surface area contributed by atoms with E-state index < -0.39 is 0 Å². The summed E-state index contributed by atoms with van der Waals surface area (Å²) in [5.74, 6) is 1.44. The summed E-state index contributed by atoms with van der Waals surface area (Å²) in [6, 6.07) is 23.0. The van der Waals surface area contributed by atoms with Gasteiger partial charge in [0.25, 0.3) is 0 Å². The lowest BCUT2D eigenvalue weighted by Gasteiger charge is -2.53. The van der Waals surface area contributed by atoms with Crippen LogP contribution in [0.15, 0.2) is 71.8 Å². The van der Waals surface area contributed by atoms with Gasteiger partial charge >= 0.3 is 0 Å². The van der Waals surface area contributed by atoms with Crippen molar-refractivity contribution in [3.8, 4) is 0 Å². The summed E-state index contributed by atoms with van der Waals surface area (Å²) in [7, 11) is 0. The zero-order chi connectivity index (χ0) is 17.4. The average Bonchev–Trinajstić information content (AvgIpc) is 2.96. The first-order chi connectivity index (χ1) is 12.9. The fourth-order valence-electron chi connectivity index (χ4n) is 6.49. The van der Waals surface area contributed by atoms with Crippen molar-refractivity contribution in [3.05, 3.63) is 82.9 Å². The largest absolute Gasteiger partial charge is 0.0672 e. The van der Waals surface area contributed by atoms with Crippen molar-refractivity contribution in [2.24, 2.45) is 5.92 Å². The van der Waals surface area contributed by atoms with Crippen LogP contribution in [0.3, 0.4) is 0 Å². The third-order valence-electron chi connectivity index (χ3n) is 7.47. The first kappa shape index (κ1) is 16.4. The molecule has 0 N–H and O–H groups in total. The lowest BCUT2D eigenvalue weighted by molar-refractivity contribution is 0.190. The van der Waals surface area contributed by atoms with E-state index in [0.717, 1.165) is 5.92 Å². The van der Waals surface area contributed by atoms with Crippen molar-refractivity contribution < 1.29 is 0 Å². The monoisotopic (exact) mass is 342 g/mol. The molecule has 0 heterocycles. The van der Waals surface area contributed by atoms with Crippen LogP contribution in [0.4, 0.5) is 0 Å². The summed E-state index contributed by atoms with van der Waals surface area (Å²) in [6.45, 7) is 0. The molecule has 5 rings (SSSR count). The van der Waals surface area contributed by atoms with E-state index in [-0.39, 0.29) is 0 Å². The maximum absolute atomic E-state index is 2.42. The predicted molar refractivity (Wildman–Crippen MR) is 109 cm³/mol. The molecule has 2 bridgehead atoms. The van der Waals surface area contributed by atoms with Crippen LogP contribution in [0, 0.1) is 5.92 Å². The Balaban J connectivity index is 1.74. The van der Waals surface area contributed by atoms with Gasteiger partial charge in [0.1, 0.15) is 0 Å². The molecule has 2 aromatic rings. The number of allylic oxidation sites excluding steroid dienone is 2. The zero-order valence-electron chi connectivity index (χ0n) is 15.8. The number of rotatable bonds is 2. The minimum Gasteiger partial charge on any atom is -0.0672 e. The minimum absolute atomic E-state index is 0.314. The summed E-state index contributed by atoms with van der Waals surface area (Å²) < 4.78 is 0. The van der Waals surface area contributed by atoms with Crippen molar-refractivity contribution in [1.29, 1.82) is 0 Å². The second-order valence-electron chi connectivity index (χ2n) is 8.77. The van der Waals surface area contributed by atoms with Crippen molar-refractivity contribution >= 4 is 0 Å². The molecule has 134 valence electrons. The van der Waals surface area contributed by atoms with Crippen molar-refractivity contribution in [1.82, 2.24) is 0 Å². The van der Waals surface area contributed by atoms with Crippen molar-refractivity contribution in [3.63, 3.8) is 0 Å². The highest BCUT2D eigenvalue weighted by molar-refractivity contribution is 5.46. The van der Waals surface area contributed by atoms with Gasteiger partial charge in [-0.25, -0.2) is 0 Å². The highest BCUT2D eigenvalue weighted by Crippen LogP contribution is 2.61. The van der Waals surface area contributed by atoms with Crippen LogP contribution in [0.5, 0.6) is 0 Å². The topological polar surface area (TPSA) is 0 Å². The molecule has 26 heavy (non-hydrogen) atoms. The van der Waals surface area contributed by atoms with Crippen LogP contribution >= 0.6 is 0 Å². The summed E-state index contributed by atoms with van der Waals surface area (Å²) in [5, 5.41) is 0. The maximum Gasteiger partial charge on any atom is 0.0148 e. The van der Waals surface area contributed by atoms with E-state index in [4.69, 9.17) is 0 Å². The van der Waals surface area contributed by atoms with E-state index in [2.05, 4.69) is 60.7 Å². The fraction of sp³-hybridized carbons (Fsp3) is 0.462. The lowest BCUT2D eigenvalue weighted by atomic mass is 9.51. The zero-order valence-corrected chi connectivity index (χ0v) is 15.8. The van der Waals surface area contributed by atoms with Crippen LogP contribution in [0.1, 0.15) is 74.8 Å². The molecular formula is C26H30. The number of hydrogen-bond donors (Lipinski definition) is 0. The maximum atomic E-state index is 2.42. The quantitative estimate of drug-likeness (QED) is 0.507. The van der Waals surface area contributed by atoms with Crippen molar-refractivity contribution in [2.45, 2.75) is 69.1 Å². The molecule has 1 saturated carbocycles. The summed E-state index contributed by atoms with van der Waals surface area (Å²) in [4.78, 5) is 0. The molecule has 3 unspecified atom stereocenters. The van der Waals surface area contributed by atoms with Gasteiger partial charge in [0.2, 0.25) is 0 Å². The highest BCUT2D eigenvalue weighted by Gasteiger charge is 2.50. The fourth-order valence-corrected chi connectivity index (χ4v) is 6.49. The highest BCUT2D eigenvalue weighted by atomic mass is 14.5. The molecule has 0 saturated heterocycles. The smallest absolute Gasteiger partial charge is 0.0148 e. The molecule has 3 atom stereocenters. The van der Waals surface area contributed by atoms with E-state index in [1.54, 1.807) is 11.1 Å². The van der Waals surface area contributed by atoms with Crippen LogP contribution in [0.2, 0.25) is 0 Å². The normalized spacial score (nSPS) is 31.2. The Bertz CT molecular complexity index is 785. The van der Waals surface area contributed by atoms with E-state index in [9.17, 15) is 0 Å². The molecule has 0 radical (unpaired) electrons. The Hall–Kier alpha value is -1.82. The molecule has 0 heteroatoms. The Morgan fingerprint density at radius 2 is 1.38 bits per heavy atom. The molecule has 0 nitrogen and oxygen atoms in total. The average molecular weight is 343 g/mol. The lowest BCUT2D eigenvalue weighted by Crippen LogP contribution is -2.44. The predicted octanol–water partition coefficient (Wildman–Crippen LogP) is 7.17. The van der Waals surface area contributed by atoms with Crippen LogP contribution < -0.4 is 0 Å². The molecule has 2 aromatic carbocycles. The van der Waals surface area contributed by atoms with Gasteiger partial charge in [0.05, 0.1) is 0 Å². The summed E-state index contributed by atoms with van der Waals surface area (Å²) >= 11 is 0.